The predicted octanol–water partition coefficient (Wildman–Crippen LogP) is 2.95. The third-order valence-corrected chi connectivity index (χ3v) is 7.07. The van der Waals surface area contributed by atoms with Gasteiger partial charge in [0.25, 0.3) is 0 Å². The minimum absolute atomic E-state index is 0.103. The number of rotatable bonds is 7. The molecule has 2 amide bonds. The second kappa shape index (κ2) is 9.03. The molecule has 11 heteroatoms. The van der Waals surface area contributed by atoms with Gasteiger partial charge in [0.15, 0.2) is 23.1 Å². The minimum atomic E-state index is -1.00. The maximum absolute atomic E-state index is 15.2. The van der Waals surface area contributed by atoms with Crippen molar-refractivity contribution >= 4 is 17.5 Å². The van der Waals surface area contributed by atoms with Crippen LogP contribution >= 0.6 is 0 Å². The van der Waals surface area contributed by atoms with Crippen LogP contribution in [0.5, 0.6) is 17.5 Å². The highest BCUT2D eigenvalue weighted by Crippen LogP contribution is 2.54. The molecule has 1 aliphatic heterocycles. The molecular weight excluding hydrogens is 474 g/mol. The van der Waals surface area contributed by atoms with Gasteiger partial charge in [-0.15, -0.1) is 0 Å². The highest BCUT2D eigenvalue weighted by atomic mass is 19.1. The number of benzene rings is 1. The highest BCUT2D eigenvalue weighted by Gasteiger charge is 2.59. The zero-order valence-electron chi connectivity index (χ0n) is 20.0. The lowest BCUT2D eigenvalue weighted by Crippen LogP contribution is -2.45. The first-order valence-corrected chi connectivity index (χ1v) is 11.7. The number of carbonyl (C=O) groups excluding carboxylic acids is 2. The molecule has 2 saturated carbocycles. The number of anilines is 1. The van der Waals surface area contributed by atoms with Gasteiger partial charge in [-0.25, -0.2) is 13.8 Å². The fraction of sp³-hybridized carbons (Fsp3) is 0.440. The van der Waals surface area contributed by atoms with E-state index in [0.29, 0.717) is 24.1 Å². The van der Waals surface area contributed by atoms with Crippen molar-refractivity contribution in [1.29, 1.82) is 0 Å². The summed E-state index contributed by atoms with van der Waals surface area (Å²) in [7, 11) is 2.50. The van der Waals surface area contributed by atoms with Gasteiger partial charge in [-0.05, 0) is 38.2 Å². The Kier molecular flexibility index (Phi) is 6.01. The Morgan fingerprint density at radius 2 is 1.92 bits per heavy atom. The molecule has 1 N–H and O–H groups in total. The molecule has 2 fully saturated rings. The summed E-state index contributed by atoms with van der Waals surface area (Å²) in [6, 6.07) is 1.01. The van der Waals surface area contributed by atoms with Gasteiger partial charge in [-0.1, -0.05) is 6.58 Å². The monoisotopic (exact) mass is 500 g/mol. The zero-order chi connectivity index (χ0) is 25.6. The molecule has 0 saturated heterocycles. The van der Waals surface area contributed by atoms with Crippen LogP contribution in [0.1, 0.15) is 43.4 Å². The molecule has 2 unspecified atom stereocenters. The Balaban J connectivity index is 1.47. The number of hydrogen-bond donors (Lipinski definition) is 1. The lowest BCUT2D eigenvalue weighted by atomic mass is 9.91. The van der Waals surface area contributed by atoms with Crippen molar-refractivity contribution in [2.45, 2.75) is 56.2 Å². The van der Waals surface area contributed by atoms with Crippen molar-refractivity contribution in [1.82, 2.24) is 15.3 Å². The second-order valence-electron chi connectivity index (χ2n) is 9.16. The molecule has 2 heterocycles. The molecule has 2 atom stereocenters. The highest BCUT2D eigenvalue weighted by molar-refractivity contribution is 6.05. The summed E-state index contributed by atoms with van der Waals surface area (Å²) in [6.45, 7) is 3.35. The first-order chi connectivity index (χ1) is 17.3. The van der Waals surface area contributed by atoms with Crippen LogP contribution in [0.4, 0.5) is 14.5 Å². The van der Waals surface area contributed by atoms with Crippen molar-refractivity contribution in [3.63, 3.8) is 0 Å². The van der Waals surface area contributed by atoms with Crippen LogP contribution in [0, 0.1) is 11.6 Å². The van der Waals surface area contributed by atoms with E-state index in [0.717, 1.165) is 30.2 Å². The number of carbonyl (C=O) groups is 2. The zero-order valence-corrected chi connectivity index (χ0v) is 20.0. The Hall–Kier alpha value is -3.76. The van der Waals surface area contributed by atoms with Gasteiger partial charge in [0.05, 0.1) is 37.9 Å². The van der Waals surface area contributed by atoms with Crippen molar-refractivity contribution in [2.75, 3.05) is 19.1 Å². The number of ether oxygens (including phenoxy) is 3. The SMILES string of the molecule is C=CC(=O)NC1CCCC1Oc1ncc2c(n1)C1(CC1)C(=O)N(c1c(F)c(OC)cc(OC)c1F)C2. The number of aromatic nitrogens is 2. The fourth-order valence-corrected chi connectivity index (χ4v) is 5.05. The van der Waals surface area contributed by atoms with Crippen LogP contribution in [0.25, 0.3) is 0 Å². The van der Waals surface area contributed by atoms with Crippen LogP contribution < -0.4 is 24.4 Å². The number of amides is 2. The summed E-state index contributed by atoms with van der Waals surface area (Å²) in [4.78, 5) is 35.3. The Labute approximate surface area is 206 Å². The normalized spacial score (nSPS) is 21.7. The molecule has 2 aromatic rings. The molecule has 2 aliphatic carbocycles. The fourth-order valence-electron chi connectivity index (χ4n) is 5.05. The maximum atomic E-state index is 15.2. The smallest absolute Gasteiger partial charge is 0.316 e. The van der Waals surface area contributed by atoms with E-state index >= 15 is 8.78 Å². The first-order valence-electron chi connectivity index (χ1n) is 11.7. The van der Waals surface area contributed by atoms with Gasteiger partial charge >= 0.3 is 6.01 Å². The van der Waals surface area contributed by atoms with Gasteiger partial charge in [0, 0.05) is 17.8 Å². The summed E-state index contributed by atoms with van der Waals surface area (Å²) >= 11 is 0. The minimum Gasteiger partial charge on any atom is -0.493 e. The molecule has 9 nitrogen and oxygen atoms in total. The second-order valence-corrected chi connectivity index (χ2v) is 9.16. The van der Waals surface area contributed by atoms with Crippen LogP contribution in [0.3, 0.4) is 0 Å². The molecular formula is C25H26F2N4O5. The molecule has 0 bridgehead atoms. The number of hydrogen-bond acceptors (Lipinski definition) is 7. The van der Waals surface area contributed by atoms with E-state index in [-0.39, 0.29) is 42.1 Å². The molecule has 190 valence electrons. The number of nitrogens with one attached hydrogen (secondary N) is 1. The maximum Gasteiger partial charge on any atom is 0.316 e. The molecule has 5 rings (SSSR count). The van der Waals surface area contributed by atoms with Crippen molar-refractivity contribution in [2.24, 2.45) is 0 Å². The van der Waals surface area contributed by atoms with Crippen LogP contribution in [0.2, 0.25) is 0 Å². The van der Waals surface area contributed by atoms with Crippen molar-refractivity contribution < 1.29 is 32.6 Å². The van der Waals surface area contributed by atoms with E-state index in [4.69, 9.17) is 14.2 Å². The van der Waals surface area contributed by atoms with E-state index < -0.39 is 28.6 Å². The van der Waals surface area contributed by atoms with Gasteiger partial charge in [0.2, 0.25) is 11.8 Å². The molecule has 1 aromatic heterocycles. The quantitative estimate of drug-likeness (QED) is 0.583. The summed E-state index contributed by atoms with van der Waals surface area (Å²) in [5.41, 5.74) is -0.451. The van der Waals surface area contributed by atoms with Crippen LogP contribution in [-0.2, 0) is 21.5 Å². The van der Waals surface area contributed by atoms with Gasteiger partial charge in [-0.2, -0.15) is 4.98 Å². The van der Waals surface area contributed by atoms with Crippen LogP contribution in [-0.4, -0.2) is 48.1 Å². The molecule has 3 aliphatic rings. The summed E-state index contributed by atoms with van der Waals surface area (Å²) in [5.74, 6) is -3.18. The Morgan fingerprint density at radius 3 is 2.53 bits per heavy atom. The lowest BCUT2D eigenvalue weighted by molar-refractivity contribution is -0.122. The number of fused-ring (bicyclic) bond motifs is 2. The van der Waals surface area contributed by atoms with E-state index in [9.17, 15) is 9.59 Å². The predicted molar refractivity (Wildman–Crippen MR) is 124 cm³/mol. The van der Waals surface area contributed by atoms with Gasteiger partial charge < -0.3 is 24.4 Å². The molecule has 0 radical (unpaired) electrons. The first kappa shape index (κ1) is 24.0. The standard InChI is InChI=1S/C25H26F2N4O5/c1-4-18(32)29-14-6-5-7-15(14)36-24-28-11-13-12-31(23(33)25(8-9-25)22(13)30-24)21-19(26)16(34-2)10-17(35-3)20(21)27/h4,10-11,14-15H,1,5-9,12H2,2-3H3,(H,29,32). The molecule has 1 spiro atoms. The van der Waals surface area contributed by atoms with E-state index in [2.05, 4.69) is 21.9 Å². The summed E-state index contributed by atoms with van der Waals surface area (Å²) in [6.07, 6.45) is 5.74. The topological polar surface area (TPSA) is 103 Å². The van der Waals surface area contributed by atoms with Crippen molar-refractivity contribution in [3.8, 4) is 17.5 Å². The molecule has 36 heavy (non-hydrogen) atoms. The van der Waals surface area contributed by atoms with Crippen LogP contribution in [0.15, 0.2) is 24.9 Å². The number of methoxy groups -OCH3 is 2. The van der Waals surface area contributed by atoms with E-state index in [1.807, 2.05) is 0 Å². The van der Waals surface area contributed by atoms with Gasteiger partial charge in [-0.3, -0.25) is 9.59 Å². The third-order valence-electron chi connectivity index (χ3n) is 7.07. The largest absolute Gasteiger partial charge is 0.493 e. The lowest BCUT2D eigenvalue weighted by Gasteiger charge is -2.34. The molecule has 1 aromatic carbocycles. The number of halogens is 2. The van der Waals surface area contributed by atoms with E-state index in [1.165, 1.54) is 26.5 Å². The summed E-state index contributed by atoms with van der Waals surface area (Å²) in [5, 5.41) is 2.86. The van der Waals surface area contributed by atoms with E-state index in [1.54, 1.807) is 0 Å². The number of nitrogens with zero attached hydrogens (tertiary/aromatic N) is 3. The average molecular weight is 501 g/mol. The summed E-state index contributed by atoms with van der Waals surface area (Å²) < 4.78 is 46.5. The third kappa shape index (κ3) is 3.82. The van der Waals surface area contributed by atoms with Gasteiger partial charge in [0.1, 0.15) is 11.8 Å². The Bertz CT molecular complexity index is 1220. The Morgan fingerprint density at radius 1 is 1.22 bits per heavy atom. The average Bonchev–Trinajstić information content (AvgIpc) is 3.57. The van der Waals surface area contributed by atoms with Crippen molar-refractivity contribution in [3.05, 3.63) is 47.8 Å².